The summed E-state index contributed by atoms with van der Waals surface area (Å²) < 4.78 is 16.3. The molecule has 0 saturated carbocycles. The highest BCUT2D eigenvalue weighted by Gasteiger charge is 2.21. The van der Waals surface area contributed by atoms with Gasteiger partial charge in [-0.05, 0) is 30.5 Å². The van der Waals surface area contributed by atoms with Gasteiger partial charge in [-0.15, -0.1) is 0 Å². The Morgan fingerprint density at radius 2 is 1.89 bits per heavy atom. The Morgan fingerprint density at radius 3 is 2.54 bits per heavy atom. The number of nitrogens with one attached hydrogen (secondary N) is 1. The van der Waals surface area contributed by atoms with Gasteiger partial charge in [-0.3, -0.25) is 4.90 Å². The lowest BCUT2D eigenvalue weighted by Crippen LogP contribution is -2.51. The number of piperazine rings is 1. The highest BCUT2D eigenvalue weighted by atomic mass is 16.5. The summed E-state index contributed by atoms with van der Waals surface area (Å²) in [5.41, 5.74) is 1.10. The first-order valence-corrected chi connectivity index (χ1v) is 10.1. The van der Waals surface area contributed by atoms with E-state index in [2.05, 4.69) is 24.1 Å². The van der Waals surface area contributed by atoms with Crippen LogP contribution in [0.2, 0.25) is 0 Å². The van der Waals surface area contributed by atoms with Gasteiger partial charge in [-0.2, -0.15) is 0 Å². The van der Waals surface area contributed by atoms with Crippen LogP contribution in [-0.4, -0.2) is 76.0 Å². The summed E-state index contributed by atoms with van der Waals surface area (Å²) in [5, 5.41) is 2.99. The Morgan fingerprint density at radius 1 is 1.14 bits per heavy atom. The van der Waals surface area contributed by atoms with Crippen LogP contribution in [0.1, 0.15) is 25.8 Å². The number of methoxy groups -OCH3 is 2. The summed E-state index contributed by atoms with van der Waals surface area (Å²) in [7, 11) is 3.35. The molecule has 7 heteroatoms. The van der Waals surface area contributed by atoms with Crippen LogP contribution in [0.25, 0.3) is 0 Å². The molecule has 1 heterocycles. The van der Waals surface area contributed by atoms with E-state index in [1.54, 1.807) is 14.2 Å². The lowest BCUT2D eigenvalue weighted by molar-refractivity contribution is 0.106. The van der Waals surface area contributed by atoms with Gasteiger partial charge in [0.05, 0.1) is 14.2 Å². The fourth-order valence-electron chi connectivity index (χ4n) is 3.16. The number of amides is 2. The molecule has 7 nitrogen and oxygen atoms in total. The van der Waals surface area contributed by atoms with E-state index in [0.29, 0.717) is 19.1 Å². The van der Waals surface area contributed by atoms with Crippen LogP contribution < -0.4 is 14.8 Å². The number of carbonyl (C=O) groups is 1. The van der Waals surface area contributed by atoms with Gasteiger partial charge in [0.15, 0.2) is 0 Å². The van der Waals surface area contributed by atoms with Gasteiger partial charge in [0.1, 0.15) is 11.5 Å². The second-order valence-corrected chi connectivity index (χ2v) is 7.50. The molecule has 1 N–H and O–H groups in total. The van der Waals surface area contributed by atoms with Crippen molar-refractivity contribution in [2.24, 2.45) is 5.92 Å². The number of benzene rings is 1. The van der Waals surface area contributed by atoms with Crippen LogP contribution in [0, 0.1) is 5.92 Å². The third-order valence-corrected chi connectivity index (χ3v) is 4.73. The molecule has 0 radical (unpaired) electrons. The minimum Gasteiger partial charge on any atom is -0.497 e. The van der Waals surface area contributed by atoms with E-state index in [1.807, 2.05) is 23.1 Å². The van der Waals surface area contributed by atoms with Gasteiger partial charge >= 0.3 is 6.03 Å². The molecular formula is C21H35N3O4. The molecule has 1 aliphatic rings. The monoisotopic (exact) mass is 393 g/mol. The molecule has 1 saturated heterocycles. The molecule has 2 rings (SSSR count). The standard InChI is InChI=1S/C21H35N3O4/c1-17(2)16-28-13-5-8-22-21(25)24-11-9-23(10-12-24)15-18-14-19(26-3)6-7-20(18)27-4/h6-7,14,17H,5,8-13,15-16H2,1-4H3,(H,22,25). The average Bonchev–Trinajstić information content (AvgIpc) is 2.70. The van der Waals surface area contributed by atoms with Gasteiger partial charge in [0.2, 0.25) is 0 Å². The minimum absolute atomic E-state index is 0.0162. The van der Waals surface area contributed by atoms with Crippen molar-refractivity contribution >= 4 is 6.03 Å². The zero-order valence-electron chi connectivity index (χ0n) is 17.7. The van der Waals surface area contributed by atoms with Gasteiger partial charge in [-0.25, -0.2) is 4.79 Å². The first kappa shape index (κ1) is 22.3. The smallest absolute Gasteiger partial charge is 0.317 e. The SMILES string of the molecule is COc1ccc(OC)c(CN2CCN(C(=O)NCCCOCC(C)C)CC2)c1. The van der Waals surface area contributed by atoms with Crippen LogP contribution in [0.5, 0.6) is 11.5 Å². The predicted molar refractivity (Wildman–Crippen MR) is 110 cm³/mol. The summed E-state index contributed by atoms with van der Waals surface area (Å²) in [6.45, 7) is 10.3. The quantitative estimate of drug-likeness (QED) is 0.619. The first-order valence-electron chi connectivity index (χ1n) is 10.1. The molecule has 0 aromatic heterocycles. The first-order chi connectivity index (χ1) is 13.5. The summed E-state index contributed by atoms with van der Waals surface area (Å²) >= 11 is 0. The van der Waals surface area contributed by atoms with Crippen molar-refractivity contribution in [2.75, 3.05) is 60.2 Å². The zero-order valence-corrected chi connectivity index (χ0v) is 17.7. The third-order valence-electron chi connectivity index (χ3n) is 4.73. The topological polar surface area (TPSA) is 63.3 Å². The van der Waals surface area contributed by atoms with Crippen molar-refractivity contribution in [3.63, 3.8) is 0 Å². The highest BCUT2D eigenvalue weighted by Crippen LogP contribution is 2.25. The predicted octanol–water partition coefficient (Wildman–Crippen LogP) is 2.59. The summed E-state index contributed by atoms with van der Waals surface area (Å²) in [5.74, 6) is 2.23. The molecule has 0 aliphatic carbocycles. The lowest BCUT2D eigenvalue weighted by atomic mass is 10.1. The lowest BCUT2D eigenvalue weighted by Gasteiger charge is -2.35. The Hall–Kier alpha value is -1.99. The highest BCUT2D eigenvalue weighted by molar-refractivity contribution is 5.74. The number of hydrogen-bond donors (Lipinski definition) is 1. The van der Waals surface area contributed by atoms with Crippen LogP contribution in [0.4, 0.5) is 4.79 Å². The van der Waals surface area contributed by atoms with Crippen molar-refractivity contribution in [1.82, 2.24) is 15.1 Å². The van der Waals surface area contributed by atoms with Gasteiger partial charge < -0.3 is 24.4 Å². The van der Waals surface area contributed by atoms with Crippen LogP contribution in [0.3, 0.4) is 0 Å². The van der Waals surface area contributed by atoms with E-state index >= 15 is 0 Å². The van der Waals surface area contributed by atoms with Gasteiger partial charge in [0, 0.05) is 58.0 Å². The van der Waals surface area contributed by atoms with E-state index in [9.17, 15) is 4.79 Å². The van der Waals surface area contributed by atoms with E-state index < -0.39 is 0 Å². The van der Waals surface area contributed by atoms with E-state index in [4.69, 9.17) is 14.2 Å². The molecule has 28 heavy (non-hydrogen) atoms. The molecule has 0 atom stereocenters. The zero-order chi connectivity index (χ0) is 20.4. The Labute approximate surface area is 168 Å². The molecule has 158 valence electrons. The molecular weight excluding hydrogens is 358 g/mol. The van der Waals surface area contributed by atoms with Gasteiger partial charge in [-0.1, -0.05) is 13.8 Å². The second kappa shape index (κ2) is 11.8. The minimum atomic E-state index is 0.0162. The van der Waals surface area contributed by atoms with Crippen LogP contribution in [0.15, 0.2) is 18.2 Å². The van der Waals surface area contributed by atoms with Crippen molar-refractivity contribution in [3.05, 3.63) is 23.8 Å². The van der Waals surface area contributed by atoms with Crippen molar-refractivity contribution in [2.45, 2.75) is 26.8 Å². The number of nitrogens with zero attached hydrogens (tertiary/aromatic N) is 2. The summed E-state index contributed by atoms with van der Waals surface area (Å²) in [4.78, 5) is 16.5. The third kappa shape index (κ3) is 7.20. The molecule has 1 aliphatic heterocycles. The van der Waals surface area contributed by atoms with Crippen molar-refractivity contribution < 1.29 is 19.0 Å². The summed E-state index contributed by atoms with van der Waals surface area (Å²) in [6, 6.07) is 5.86. The fraction of sp³-hybridized carbons (Fsp3) is 0.667. The largest absolute Gasteiger partial charge is 0.497 e. The number of urea groups is 1. The molecule has 1 fully saturated rings. The fourth-order valence-corrected chi connectivity index (χ4v) is 3.16. The van der Waals surface area contributed by atoms with E-state index in [1.165, 1.54) is 0 Å². The van der Waals surface area contributed by atoms with E-state index in [-0.39, 0.29) is 6.03 Å². The van der Waals surface area contributed by atoms with E-state index in [0.717, 1.165) is 62.8 Å². The van der Waals surface area contributed by atoms with Gasteiger partial charge in [0.25, 0.3) is 0 Å². The number of carbonyl (C=O) groups excluding carboxylic acids is 1. The van der Waals surface area contributed by atoms with Crippen molar-refractivity contribution in [3.8, 4) is 11.5 Å². The maximum atomic E-state index is 12.3. The maximum Gasteiger partial charge on any atom is 0.317 e. The Kier molecular flexibility index (Phi) is 9.37. The van der Waals surface area contributed by atoms with Crippen LogP contribution >= 0.6 is 0 Å². The van der Waals surface area contributed by atoms with Crippen LogP contribution in [-0.2, 0) is 11.3 Å². The molecule has 0 unspecified atom stereocenters. The summed E-state index contributed by atoms with van der Waals surface area (Å²) in [6.07, 6.45) is 0.841. The van der Waals surface area contributed by atoms with Crippen molar-refractivity contribution in [1.29, 1.82) is 0 Å². The number of ether oxygens (including phenoxy) is 3. The average molecular weight is 394 g/mol. The number of rotatable bonds is 10. The molecule has 2 amide bonds. The maximum absolute atomic E-state index is 12.3. The molecule has 1 aromatic carbocycles. The Bertz CT molecular complexity index is 601. The number of hydrogen-bond acceptors (Lipinski definition) is 5. The normalized spacial score (nSPS) is 15.0. The molecule has 1 aromatic rings. The Balaban J connectivity index is 1.70. The molecule has 0 spiro atoms. The molecule has 0 bridgehead atoms. The second-order valence-electron chi connectivity index (χ2n) is 7.50.